The minimum atomic E-state index is -0.885. The summed E-state index contributed by atoms with van der Waals surface area (Å²) in [6.45, 7) is 13.1. The Morgan fingerprint density at radius 3 is 2.35 bits per heavy atom. The Kier molecular flexibility index (Phi) is 13.2. The standard InChI is InChI=1S/C31H52N2O/c1-26(2)13-8-14-27(3)15-9-16-28(4)17-10-20-31(5,34)21-12-24-33-23-7-6-19-30(33)29-18-11-22-32-25-29/h11,18,22,25-28,30,34H,6-10,13-17,19-20,23-24H2,1-5H3/t27-,28-,30+,31+/m0/s1. The minimum absolute atomic E-state index is 0.403. The lowest BCUT2D eigenvalue weighted by atomic mass is 9.90. The van der Waals surface area contributed by atoms with Gasteiger partial charge in [0.05, 0.1) is 6.54 Å². The van der Waals surface area contributed by atoms with Gasteiger partial charge in [-0.15, -0.1) is 0 Å². The molecule has 1 aromatic heterocycles. The topological polar surface area (TPSA) is 36.4 Å². The van der Waals surface area contributed by atoms with Crippen LogP contribution in [0.1, 0.15) is 123 Å². The van der Waals surface area contributed by atoms with Crippen molar-refractivity contribution in [1.82, 2.24) is 9.88 Å². The van der Waals surface area contributed by atoms with Crippen molar-refractivity contribution in [2.24, 2.45) is 17.8 Å². The fourth-order valence-corrected chi connectivity index (χ4v) is 5.30. The van der Waals surface area contributed by atoms with Crippen LogP contribution in [-0.2, 0) is 0 Å². The molecule has 0 amide bonds. The van der Waals surface area contributed by atoms with Crippen molar-refractivity contribution in [3.63, 3.8) is 0 Å². The van der Waals surface area contributed by atoms with E-state index in [9.17, 15) is 5.11 Å². The van der Waals surface area contributed by atoms with E-state index < -0.39 is 5.60 Å². The third-order valence-corrected chi connectivity index (χ3v) is 7.56. The van der Waals surface area contributed by atoms with E-state index in [4.69, 9.17) is 0 Å². The smallest absolute Gasteiger partial charge is 0.122 e. The van der Waals surface area contributed by atoms with Gasteiger partial charge in [-0.25, -0.2) is 0 Å². The first-order valence-corrected chi connectivity index (χ1v) is 14.1. The molecule has 34 heavy (non-hydrogen) atoms. The van der Waals surface area contributed by atoms with Crippen LogP contribution in [0.4, 0.5) is 0 Å². The molecule has 192 valence electrons. The number of aromatic nitrogens is 1. The second-order valence-electron chi connectivity index (χ2n) is 11.7. The van der Waals surface area contributed by atoms with E-state index in [1.165, 1.54) is 69.8 Å². The van der Waals surface area contributed by atoms with Crippen molar-refractivity contribution in [1.29, 1.82) is 0 Å². The highest BCUT2D eigenvalue weighted by atomic mass is 16.3. The van der Waals surface area contributed by atoms with Gasteiger partial charge in [-0.1, -0.05) is 97.0 Å². The third kappa shape index (κ3) is 11.9. The molecule has 1 aliphatic rings. The number of likely N-dealkylation sites (tertiary alicyclic amines) is 1. The Morgan fingerprint density at radius 2 is 1.71 bits per heavy atom. The van der Waals surface area contributed by atoms with E-state index >= 15 is 0 Å². The fourth-order valence-electron chi connectivity index (χ4n) is 5.30. The van der Waals surface area contributed by atoms with Gasteiger partial charge in [0.2, 0.25) is 0 Å². The zero-order valence-corrected chi connectivity index (χ0v) is 22.9. The minimum Gasteiger partial charge on any atom is -0.378 e. The molecular weight excluding hydrogens is 416 g/mol. The molecule has 2 rings (SSSR count). The molecule has 0 bridgehead atoms. The maximum absolute atomic E-state index is 10.8. The number of pyridine rings is 1. The van der Waals surface area contributed by atoms with E-state index in [0.29, 0.717) is 6.04 Å². The molecule has 0 aliphatic carbocycles. The molecule has 4 atom stereocenters. The fraction of sp³-hybridized carbons (Fsp3) is 0.774. The first kappa shape index (κ1) is 28.9. The van der Waals surface area contributed by atoms with Gasteiger partial charge < -0.3 is 5.11 Å². The molecule has 1 fully saturated rings. The summed E-state index contributed by atoms with van der Waals surface area (Å²) in [6.07, 6.45) is 18.6. The number of aliphatic hydroxyl groups is 1. The van der Waals surface area contributed by atoms with Gasteiger partial charge in [-0.05, 0) is 68.5 Å². The molecule has 3 nitrogen and oxygen atoms in total. The largest absolute Gasteiger partial charge is 0.378 e. The zero-order chi connectivity index (χ0) is 24.8. The molecule has 0 aromatic carbocycles. The van der Waals surface area contributed by atoms with Crippen LogP contribution < -0.4 is 0 Å². The molecule has 1 aromatic rings. The van der Waals surface area contributed by atoms with E-state index in [1.807, 2.05) is 25.4 Å². The van der Waals surface area contributed by atoms with Gasteiger partial charge >= 0.3 is 0 Å². The van der Waals surface area contributed by atoms with Gasteiger partial charge in [-0.2, -0.15) is 0 Å². The van der Waals surface area contributed by atoms with Crippen molar-refractivity contribution in [2.45, 2.75) is 123 Å². The zero-order valence-electron chi connectivity index (χ0n) is 22.9. The van der Waals surface area contributed by atoms with Crippen molar-refractivity contribution < 1.29 is 5.11 Å². The van der Waals surface area contributed by atoms with Crippen LogP contribution in [0.2, 0.25) is 0 Å². The molecule has 1 N–H and O–H groups in total. The summed E-state index contributed by atoms with van der Waals surface area (Å²) in [5.41, 5.74) is 0.402. The molecule has 1 saturated heterocycles. The number of piperidine rings is 1. The Morgan fingerprint density at radius 1 is 1.03 bits per heavy atom. The Hall–Kier alpha value is -1.37. The van der Waals surface area contributed by atoms with Gasteiger partial charge in [-0.3, -0.25) is 9.88 Å². The first-order valence-electron chi connectivity index (χ1n) is 14.1. The molecular formula is C31H52N2O. The van der Waals surface area contributed by atoms with Crippen LogP contribution in [0.3, 0.4) is 0 Å². The molecule has 0 saturated carbocycles. The maximum atomic E-state index is 10.8. The maximum Gasteiger partial charge on any atom is 0.122 e. The Labute approximate surface area is 211 Å². The first-order chi connectivity index (χ1) is 16.3. The lowest BCUT2D eigenvalue weighted by molar-refractivity contribution is 0.107. The average Bonchev–Trinajstić information content (AvgIpc) is 2.79. The van der Waals surface area contributed by atoms with Crippen LogP contribution in [0.5, 0.6) is 0 Å². The predicted molar refractivity (Wildman–Crippen MR) is 146 cm³/mol. The van der Waals surface area contributed by atoms with Crippen LogP contribution in [0.15, 0.2) is 24.5 Å². The quantitative estimate of drug-likeness (QED) is 0.283. The second-order valence-corrected chi connectivity index (χ2v) is 11.7. The van der Waals surface area contributed by atoms with E-state index in [1.54, 1.807) is 0 Å². The van der Waals surface area contributed by atoms with E-state index in [0.717, 1.165) is 43.7 Å². The molecule has 2 heterocycles. The summed E-state index contributed by atoms with van der Waals surface area (Å²) in [6, 6.07) is 4.60. The van der Waals surface area contributed by atoms with Crippen LogP contribution >= 0.6 is 0 Å². The number of rotatable bonds is 14. The highest BCUT2D eigenvalue weighted by molar-refractivity contribution is 5.17. The summed E-state index contributed by atoms with van der Waals surface area (Å²) in [5.74, 6) is 8.93. The summed E-state index contributed by atoms with van der Waals surface area (Å²) in [5, 5.41) is 10.8. The number of hydrogen-bond acceptors (Lipinski definition) is 3. The monoisotopic (exact) mass is 468 g/mol. The van der Waals surface area contributed by atoms with E-state index in [2.05, 4.69) is 55.5 Å². The molecule has 0 spiro atoms. The average molecular weight is 469 g/mol. The highest BCUT2D eigenvalue weighted by Gasteiger charge is 2.23. The molecule has 0 unspecified atom stereocenters. The van der Waals surface area contributed by atoms with Crippen molar-refractivity contribution >= 4 is 0 Å². The summed E-state index contributed by atoms with van der Waals surface area (Å²) in [4.78, 5) is 6.76. The summed E-state index contributed by atoms with van der Waals surface area (Å²) >= 11 is 0. The van der Waals surface area contributed by atoms with Crippen LogP contribution in [-0.4, -0.2) is 33.7 Å². The molecule has 3 heteroatoms. The lowest BCUT2D eigenvalue weighted by Gasteiger charge is -2.34. The number of hydrogen-bond donors (Lipinski definition) is 1. The second kappa shape index (κ2) is 15.6. The van der Waals surface area contributed by atoms with Crippen molar-refractivity contribution in [2.75, 3.05) is 13.1 Å². The Bertz CT molecular complexity index is 718. The predicted octanol–water partition coefficient (Wildman–Crippen LogP) is 7.80. The molecule has 1 aliphatic heterocycles. The van der Waals surface area contributed by atoms with Crippen molar-refractivity contribution in [3.8, 4) is 11.8 Å². The summed E-state index contributed by atoms with van der Waals surface area (Å²) < 4.78 is 0. The number of nitrogens with zero attached hydrogens (tertiary/aromatic N) is 2. The van der Waals surface area contributed by atoms with Gasteiger partial charge in [0.25, 0.3) is 0 Å². The normalized spacial score (nSPS) is 20.4. The molecule has 0 radical (unpaired) electrons. The third-order valence-electron chi connectivity index (χ3n) is 7.56. The lowest BCUT2D eigenvalue weighted by Crippen LogP contribution is -2.34. The van der Waals surface area contributed by atoms with Gasteiger partial charge in [0.1, 0.15) is 5.60 Å². The van der Waals surface area contributed by atoms with E-state index in [-0.39, 0.29) is 0 Å². The van der Waals surface area contributed by atoms with Crippen LogP contribution in [0.25, 0.3) is 0 Å². The SMILES string of the molecule is CC(C)CCC[C@H](C)CCC[C@H](C)CCC[C@@](C)(O)C#CCN1CCCC[C@@H]1c1cccnc1. The highest BCUT2D eigenvalue weighted by Crippen LogP contribution is 2.30. The van der Waals surface area contributed by atoms with Crippen molar-refractivity contribution in [3.05, 3.63) is 30.1 Å². The Balaban J connectivity index is 1.65. The van der Waals surface area contributed by atoms with Gasteiger partial charge in [0, 0.05) is 18.4 Å². The van der Waals surface area contributed by atoms with Gasteiger partial charge in [0.15, 0.2) is 0 Å². The summed E-state index contributed by atoms with van der Waals surface area (Å²) in [7, 11) is 0. The van der Waals surface area contributed by atoms with Crippen LogP contribution in [0, 0.1) is 29.6 Å².